The molecule has 2 amide bonds. The summed E-state index contributed by atoms with van der Waals surface area (Å²) < 4.78 is 81.6. The minimum atomic E-state index is -2.43. The molecule has 238 valence electrons. The van der Waals surface area contributed by atoms with Gasteiger partial charge in [0.1, 0.15) is 17.9 Å². The van der Waals surface area contributed by atoms with Crippen molar-refractivity contribution in [3.05, 3.63) is 58.7 Å². The Morgan fingerprint density at radius 3 is 2.18 bits per heavy atom. The van der Waals surface area contributed by atoms with Crippen molar-refractivity contribution < 1.29 is 60.8 Å². The summed E-state index contributed by atoms with van der Waals surface area (Å²) in [6, 6.07) is -1.30. The molecular weight excluding hydrogens is 601 g/mol. The molecule has 0 bridgehead atoms. The van der Waals surface area contributed by atoms with Crippen molar-refractivity contribution in [1.82, 2.24) is 15.6 Å². The standard InChI is InChI=1S/C28H28F5N3O8/c1-10-23(38)14(9-13-16(29)18(31)20(33)19(32)17(13)30)35-25(39)21(36-26(40)22-15(37)7-4-8-34-22)11(2)43-28(42)24(44-27(10)41)12-5-3-6-12/h4,7-8,10-12,14,21,23-24,37-38H,3,5-6,9H2,1-2H3,(H,35,39)(H,36,40). The van der Waals surface area contributed by atoms with Gasteiger partial charge < -0.3 is 30.3 Å². The number of hydrogen-bond acceptors (Lipinski definition) is 9. The van der Waals surface area contributed by atoms with Crippen molar-refractivity contribution in [2.45, 2.75) is 69.9 Å². The summed E-state index contributed by atoms with van der Waals surface area (Å²) in [6.07, 6.45) is -3.46. The van der Waals surface area contributed by atoms with Crippen molar-refractivity contribution >= 4 is 23.8 Å². The number of cyclic esters (lactones) is 2. The lowest BCUT2D eigenvalue weighted by Gasteiger charge is -2.36. The summed E-state index contributed by atoms with van der Waals surface area (Å²) in [6.45, 7) is 2.29. The Morgan fingerprint density at radius 1 is 1.00 bits per heavy atom. The fourth-order valence-electron chi connectivity index (χ4n) is 4.87. The van der Waals surface area contributed by atoms with Gasteiger partial charge in [0.15, 0.2) is 29.0 Å². The summed E-state index contributed by atoms with van der Waals surface area (Å²) in [5, 5.41) is 25.5. The molecular formula is C28H28F5N3O8. The molecule has 6 atom stereocenters. The van der Waals surface area contributed by atoms with Gasteiger partial charge in [0, 0.05) is 24.1 Å². The second kappa shape index (κ2) is 13.1. The van der Waals surface area contributed by atoms with Gasteiger partial charge in [0.2, 0.25) is 17.8 Å². The Balaban J connectivity index is 1.75. The van der Waals surface area contributed by atoms with Crippen LogP contribution in [0.2, 0.25) is 0 Å². The molecule has 1 saturated heterocycles. The first-order valence-electron chi connectivity index (χ1n) is 13.6. The Bertz CT molecular complexity index is 1440. The number of esters is 2. The molecule has 11 nitrogen and oxygen atoms in total. The maximum Gasteiger partial charge on any atom is 0.348 e. The first-order valence-corrected chi connectivity index (χ1v) is 13.6. The maximum absolute atomic E-state index is 14.6. The van der Waals surface area contributed by atoms with Crippen LogP contribution in [-0.4, -0.2) is 69.3 Å². The fourth-order valence-corrected chi connectivity index (χ4v) is 4.87. The van der Waals surface area contributed by atoms with Gasteiger partial charge in [-0.2, -0.15) is 0 Å². The third-order valence-corrected chi connectivity index (χ3v) is 7.74. The van der Waals surface area contributed by atoms with E-state index in [2.05, 4.69) is 15.6 Å². The van der Waals surface area contributed by atoms with E-state index in [0.717, 1.165) is 19.2 Å². The smallest absolute Gasteiger partial charge is 0.348 e. The number of benzene rings is 1. The van der Waals surface area contributed by atoms with Gasteiger partial charge in [0.05, 0.1) is 18.1 Å². The van der Waals surface area contributed by atoms with Gasteiger partial charge in [0.25, 0.3) is 5.91 Å². The Kier molecular flexibility index (Phi) is 9.71. The molecule has 2 fully saturated rings. The number of aromatic hydroxyl groups is 1. The van der Waals surface area contributed by atoms with Crippen molar-refractivity contribution in [2.75, 3.05) is 0 Å². The zero-order valence-electron chi connectivity index (χ0n) is 23.3. The van der Waals surface area contributed by atoms with E-state index < -0.39 is 118 Å². The van der Waals surface area contributed by atoms with Crippen molar-refractivity contribution in [1.29, 1.82) is 0 Å². The molecule has 4 rings (SSSR count). The lowest BCUT2D eigenvalue weighted by Crippen LogP contribution is -2.59. The Morgan fingerprint density at radius 2 is 1.61 bits per heavy atom. The maximum atomic E-state index is 14.6. The molecule has 44 heavy (non-hydrogen) atoms. The van der Waals surface area contributed by atoms with Gasteiger partial charge in [-0.25, -0.2) is 31.7 Å². The van der Waals surface area contributed by atoms with E-state index in [9.17, 15) is 51.3 Å². The quantitative estimate of drug-likeness (QED) is 0.168. The van der Waals surface area contributed by atoms with Crippen LogP contribution in [-0.2, 0) is 30.3 Å². The Hall–Kier alpha value is -4.34. The fraction of sp³-hybridized carbons (Fsp3) is 0.464. The number of halogens is 5. The highest BCUT2D eigenvalue weighted by Crippen LogP contribution is 2.33. The molecule has 0 radical (unpaired) electrons. The summed E-state index contributed by atoms with van der Waals surface area (Å²) in [5.41, 5.74) is -1.93. The van der Waals surface area contributed by atoms with Crippen LogP contribution < -0.4 is 10.6 Å². The van der Waals surface area contributed by atoms with E-state index in [-0.39, 0.29) is 0 Å². The molecule has 16 heteroatoms. The van der Waals surface area contributed by atoms with Gasteiger partial charge in [-0.15, -0.1) is 0 Å². The molecule has 1 aliphatic heterocycles. The summed E-state index contributed by atoms with van der Waals surface area (Å²) >= 11 is 0. The molecule has 6 unspecified atom stereocenters. The van der Waals surface area contributed by atoms with Crippen LogP contribution >= 0.6 is 0 Å². The summed E-state index contributed by atoms with van der Waals surface area (Å²) in [5.74, 6) is -18.7. The van der Waals surface area contributed by atoms with Crippen LogP contribution in [0.3, 0.4) is 0 Å². The second-order valence-electron chi connectivity index (χ2n) is 10.7. The molecule has 1 aliphatic carbocycles. The van der Waals surface area contributed by atoms with Crippen LogP contribution in [0.4, 0.5) is 22.0 Å². The van der Waals surface area contributed by atoms with Crippen molar-refractivity contribution in [2.24, 2.45) is 11.8 Å². The number of nitrogens with zero attached hydrogens (tertiary/aromatic N) is 1. The Labute approximate surface area is 246 Å². The van der Waals surface area contributed by atoms with Gasteiger partial charge in [-0.05, 0) is 38.8 Å². The minimum absolute atomic E-state index is 0.470. The first kappa shape index (κ1) is 32.6. The van der Waals surface area contributed by atoms with E-state index in [1.165, 1.54) is 13.0 Å². The molecule has 4 N–H and O–H groups in total. The third-order valence-electron chi connectivity index (χ3n) is 7.74. The number of nitrogens with one attached hydrogen (secondary N) is 2. The first-order chi connectivity index (χ1) is 20.7. The predicted molar refractivity (Wildman–Crippen MR) is 137 cm³/mol. The van der Waals surface area contributed by atoms with E-state index >= 15 is 0 Å². The third kappa shape index (κ3) is 6.44. The number of hydrogen-bond donors (Lipinski definition) is 4. The van der Waals surface area contributed by atoms with Crippen molar-refractivity contribution in [3.8, 4) is 5.75 Å². The minimum Gasteiger partial charge on any atom is -0.505 e. The van der Waals surface area contributed by atoms with Crippen LogP contribution in [0, 0.1) is 40.9 Å². The molecule has 0 spiro atoms. The average Bonchev–Trinajstić information content (AvgIpc) is 2.96. The number of aliphatic hydroxyl groups excluding tert-OH is 1. The molecule has 2 heterocycles. The van der Waals surface area contributed by atoms with Gasteiger partial charge in [-0.1, -0.05) is 6.42 Å². The topological polar surface area (TPSA) is 164 Å². The highest BCUT2D eigenvalue weighted by Gasteiger charge is 2.44. The number of aliphatic hydroxyl groups is 1. The van der Waals surface area contributed by atoms with Crippen LogP contribution in [0.25, 0.3) is 0 Å². The van der Waals surface area contributed by atoms with E-state index in [0.29, 0.717) is 19.3 Å². The number of amides is 2. The van der Waals surface area contributed by atoms with E-state index in [1.54, 1.807) is 0 Å². The average molecular weight is 630 g/mol. The zero-order valence-corrected chi connectivity index (χ0v) is 23.3. The summed E-state index contributed by atoms with van der Waals surface area (Å²) in [4.78, 5) is 56.3. The second-order valence-corrected chi connectivity index (χ2v) is 10.7. The lowest BCUT2D eigenvalue weighted by molar-refractivity contribution is -0.183. The highest BCUT2D eigenvalue weighted by molar-refractivity contribution is 5.98. The molecule has 1 aromatic carbocycles. The normalized spacial score (nSPS) is 26.8. The summed E-state index contributed by atoms with van der Waals surface area (Å²) in [7, 11) is 0. The van der Waals surface area contributed by atoms with Gasteiger partial charge in [-0.3, -0.25) is 14.4 Å². The van der Waals surface area contributed by atoms with Gasteiger partial charge >= 0.3 is 11.9 Å². The van der Waals surface area contributed by atoms with Crippen LogP contribution in [0.15, 0.2) is 18.3 Å². The number of carbonyl (C=O) groups is 4. The number of carbonyl (C=O) groups excluding carboxylic acids is 4. The molecule has 1 aromatic heterocycles. The zero-order chi connectivity index (χ0) is 32.5. The highest BCUT2D eigenvalue weighted by atomic mass is 19.2. The number of aromatic nitrogens is 1. The molecule has 2 aliphatic rings. The number of pyridine rings is 1. The number of ether oxygens (including phenoxy) is 2. The monoisotopic (exact) mass is 629 g/mol. The lowest BCUT2D eigenvalue weighted by atomic mass is 9.81. The predicted octanol–water partition coefficient (Wildman–Crippen LogP) is 1.96. The largest absolute Gasteiger partial charge is 0.505 e. The SMILES string of the molecule is CC1OC(=O)C(C2CCC2)OC(=O)C(C)C(O)C(Cc2c(F)c(F)c(F)c(F)c2F)NC(=O)C1NC(=O)c1ncccc1O. The van der Waals surface area contributed by atoms with Crippen molar-refractivity contribution in [3.63, 3.8) is 0 Å². The molecule has 2 aromatic rings. The van der Waals surface area contributed by atoms with E-state index in [1.807, 2.05) is 0 Å². The number of rotatable bonds is 5. The van der Waals surface area contributed by atoms with Crippen LogP contribution in [0.5, 0.6) is 5.75 Å². The molecule has 1 saturated carbocycles. The van der Waals surface area contributed by atoms with Crippen LogP contribution in [0.1, 0.15) is 49.2 Å². The van der Waals surface area contributed by atoms with E-state index in [4.69, 9.17) is 9.47 Å².